The van der Waals surface area contributed by atoms with E-state index in [0.29, 0.717) is 12.8 Å². The molecule has 3 rings (SSSR count). The van der Waals surface area contributed by atoms with E-state index in [9.17, 15) is 61.0 Å². The van der Waals surface area contributed by atoms with Gasteiger partial charge in [-0.15, -0.1) is 0 Å². The Kier molecular flexibility index (Phi) is 57.6. The second-order valence-corrected chi connectivity index (χ2v) is 29.9. The van der Waals surface area contributed by atoms with Crippen LogP contribution >= 0.6 is 0 Å². The molecule has 3 aliphatic heterocycles. The first-order valence-corrected chi connectivity index (χ1v) is 41.6. The van der Waals surface area contributed by atoms with Crippen molar-refractivity contribution in [1.29, 1.82) is 0 Å². The smallest absolute Gasteiger partial charge is 0.220 e. The molecule has 0 bridgehead atoms. The summed E-state index contributed by atoms with van der Waals surface area (Å²) in [4.78, 5) is 13.4. The minimum absolute atomic E-state index is 0.241. The standard InChI is InChI=1S/C81H153NO18/c1-3-5-7-9-11-13-15-17-19-21-22-23-24-25-26-27-28-29-30-31-32-33-34-35-36-37-38-39-40-41-42-43-45-47-49-51-53-55-57-59-69(87)82-64(65(86)58-56-54-52-50-48-46-44-20-18-16-14-12-10-8-6-4-2)63-95-79-75(93)72(90)77(67(61-84)97-79)100-81-76(94)73(91)78(68(62-85)98-81)99-80-74(92)71(89)70(88)66(60-83)96-80/h48,50,56,58,64-68,70-81,83-86,88-94H,3-47,49,51-55,57,59-63H2,1-2H3,(H,82,87)/b50-48+,58-56+. The van der Waals surface area contributed by atoms with E-state index in [1.54, 1.807) is 6.08 Å². The highest BCUT2D eigenvalue weighted by atomic mass is 16.8. The Labute approximate surface area is 607 Å². The first kappa shape index (κ1) is 92.5. The number of rotatable bonds is 67. The summed E-state index contributed by atoms with van der Waals surface area (Å²) in [7, 11) is 0. The van der Waals surface area contributed by atoms with Gasteiger partial charge in [-0.2, -0.15) is 0 Å². The van der Waals surface area contributed by atoms with Crippen LogP contribution in [0.5, 0.6) is 0 Å². The predicted octanol–water partition coefficient (Wildman–Crippen LogP) is 14.1. The number of amides is 1. The highest BCUT2D eigenvalue weighted by molar-refractivity contribution is 5.76. The number of aliphatic hydroxyl groups is 11. The van der Waals surface area contributed by atoms with Crippen molar-refractivity contribution < 1.29 is 89.4 Å². The average molecular weight is 1430 g/mol. The Balaban J connectivity index is 1.29. The number of allylic oxidation sites excluding steroid dienone is 3. The van der Waals surface area contributed by atoms with E-state index in [0.717, 1.165) is 38.5 Å². The summed E-state index contributed by atoms with van der Waals surface area (Å²) >= 11 is 0. The molecule has 12 N–H and O–H groups in total. The van der Waals surface area contributed by atoms with Crippen molar-refractivity contribution >= 4 is 5.91 Å². The van der Waals surface area contributed by atoms with Gasteiger partial charge in [0.15, 0.2) is 18.9 Å². The molecule has 19 nitrogen and oxygen atoms in total. The molecule has 17 unspecified atom stereocenters. The summed E-state index contributed by atoms with van der Waals surface area (Å²) < 4.78 is 34.4. The van der Waals surface area contributed by atoms with Crippen molar-refractivity contribution in [3.8, 4) is 0 Å². The third-order valence-corrected chi connectivity index (χ3v) is 21.0. The third-order valence-electron chi connectivity index (χ3n) is 21.0. The van der Waals surface area contributed by atoms with Crippen molar-refractivity contribution in [3.05, 3.63) is 24.3 Å². The van der Waals surface area contributed by atoms with Crippen LogP contribution in [0.25, 0.3) is 0 Å². The van der Waals surface area contributed by atoms with Crippen molar-refractivity contribution in [1.82, 2.24) is 5.32 Å². The zero-order valence-corrected chi connectivity index (χ0v) is 63.2. The summed E-state index contributed by atoms with van der Waals surface area (Å²) in [5, 5.41) is 121. The lowest BCUT2D eigenvalue weighted by Gasteiger charge is -2.48. The number of carbonyl (C=O) groups excluding carboxylic acids is 1. The Morgan fingerprint density at radius 1 is 0.350 bits per heavy atom. The highest BCUT2D eigenvalue weighted by Crippen LogP contribution is 2.33. The summed E-state index contributed by atoms with van der Waals surface area (Å²) in [6.45, 7) is 1.76. The normalized spacial score (nSPS) is 26.5. The van der Waals surface area contributed by atoms with E-state index in [2.05, 4.69) is 31.3 Å². The minimum atomic E-state index is -1.98. The maximum absolute atomic E-state index is 13.4. The van der Waals surface area contributed by atoms with E-state index in [4.69, 9.17) is 28.4 Å². The molecule has 0 aromatic heterocycles. The Bertz CT molecular complexity index is 1900. The van der Waals surface area contributed by atoms with Crippen LogP contribution in [-0.4, -0.2) is 193 Å². The maximum Gasteiger partial charge on any atom is 0.220 e. The molecule has 3 fully saturated rings. The van der Waals surface area contributed by atoms with Crippen LogP contribution in [0.15, 0.2) is 24.3 Å². The van der Waals surface area contributed by atoms with Gasteiger partial charge in [0, 0.05) is 6.42 Å². The summed E-state index contributed by atoms with van der Waals surface area (Å²) in [6, 6.07) is -0.987. The summed E-state index contributed by atoms with van der Waals surface area (Å²) in [6.07, 6.45) is 49.3. The van der Waals surface area contributed by atoms with Crippen molar-refractivity contribution in [2.45, 2.75) is 458 Å². The lowest BCUT2D eigenvalue weighted by Crippen LogP contribution is -2.66. The maximum atomic E-state index is 13.4. The van der Waals surface area contributed by atoms with Gasteiger partial charge in [-0.05, 0) is 32.1 Å². The van der Waals surface area contributed by atoms with Crippen LogP contribution in [0.1, 0.15) is 354 Å². The van der Waals surface area contributed by atoms with Crippen molar-refractivity contribution in [3.63, 3.8) is 0 Å². The molecule has 3 heterocycles. The summed E-state index contributed by atoms with van der Waals surface area (Å²) in [5.74, 6) is -0.278. The first-order valence-electron chi connectivity index (χ1n) is 41.6. The molecular formula is C81H153NO18. The van der Waals surface area contributed by atoms with E-state index >= 15 is 0 Å². The number of nitrogens with one attached hydrogen (secondary N) is 1. The fourth-order valence-corrected chi connectivity index (χ4v) is 14.3. The van der Waals surface area contributed by atoms with Gasteiger partial charge in [-0.3, -0.25) is 4.79 Å². The lowest BCUT2D eigenvalue weighted by atomic mass is 9.96. The van der Waals surface area contributed by atoms with Gasteiger partial charge in [0.1, 0.15) is 73.2 Å². The molecule has 0 aromatic rings. The van der Waals surface area contributed by atoms with E-state index < -0.39 is 124 Å². The van der Waals surface area contributed by atoms with Gasteiger partial charge in [0.05, 0.1) is 38.6 Å². The molecule has 3 saturated heterocycles. The van der Waals surface area contributed by atoms with Crippen LogP contribution < -0.4 is 5.32 Å². The number of hydrogen-bond acceptors (Lipinski definition) is 18. The molecular weight excluding hydrogens is 1270 g/mol. The van der Waals surface area contributed by atoms with Gasteiger partial charge < -0.3 is 89.9 Å². The zero-order chi connectivity index (χ0) is 72.5. The Morgan fingerprint density at radius 2 is 0.640 bits per heavy atom. The molecule has 0 saturated carbocycles. The monoisotopic (exact) mass is 1430 g/mol. The zero-order valence-electron chi connectivity index (χ0n) is 63.2. The van der Waals surface area contributed by atoms with Crippen LogP contribution in [0.2, 0.25) is 0 Å². The van der Waals surface area contributed by atoms with E-state index in [-0.39, 0.29) is 18.9 Å². The average Bonchev–Trinajstić information content (AvgIpc) is 0.783. The van der Waals surface area contributed by atoms with E-state index in [1.165, 1.54) is 283 Å². The van der Waals surface area contributed by atoms with Gasteiger partial charge in [-0.1, -0.05) is 340 Å². The molecule has 590 valence electrons. The van der Waals surface area contributed by atoms with E-state index in [1.807, 2.05) is 6.08 Å². The van der Waals surface area contributed by atoms with Crippen molar-refractivity contribution in [2.75, 3.05) is 26.4 Å². The van der Waals surface area contributed by atoms with Crippen LogP contribution in [0.3, 0.4) is 0 Å². The lowest BCUT2D eigenvalue weighted by molar-refractivity contribution is -0.379. The Morgan fingerprint density at radius 3 is 1.00 bits per heavy atom. The SMILES string of the molecule is CCCCCCCCCCCC/C=C/CC/C=C/C(O)C(COC1OC(CO)C(OC2OC(CO)C(OC3OC(CO)C(O)C(O)C3O)C(O)C2O)C(O)C1O)NC(=O)CCCCCCCCCCCCCCCCCCCCCCCCCCCCCCCCCCCCCCCCC. The molecule has 0 aliphatic carbocycles. The second kappa shape index (κ2) is 62.3. The molecule has 17 atom stereocenters. The molecule has 0 spiro atoms. The molecule has 19 heteroatoms. The number of aliphatic hydroxyl groups excluding tert-OH is 11. The van der Waals surface area contributed by atoms with Crippen LogP contribution in [0, 0.1) is 0 Å². The van der Waals surface area contributed by atoms with Gasteiger partial charge in [0.25, 0.3) is 0 Å². The number of ether oxygens (including phenoxy) is 6. The quantitative estimate of drug-likeness (QED) is 0.0199. The van der Waals surface area contributed by atoms with Gasteiger partial charge in [-0.25, -0.2) is 0 Å². The number of carbonyl (C=O) groups is 1. The largest absolute Gasteiger partial charge is 0.394 e. The van der Waals surface area contributed by atoms with Crippen LogP contribution in [-0.2, 0) is 33.2 Å². The molecule has 3 aliphatic rings. The molecule has 0 radical (unpaired) electrons. The van der Waals surface area contributed by atoms with Crippen LogP contribution in [0.4, 0.5) is 0 Å². The topological polar surface area (TPSA) is 307 Å². The third kappa shape index (κ3) is 42.0. The molecule has 0 aromatic carbocycles. The molecule has 100 heavy (non-hydrogen) atoms. The van der Waals surface area contributed by atoms with Crippen molar-refractivity contribution in [2.24, 2.45) is 0 Å². The highest BCUT2D eigenvalue weighted by Gasteiger charge is 2.54. The fraction of sp³-hybridized carbons (Fsp3) is 0.938. The number of hydrogen-bond donors (Lipinski definition) is 12. The molecule has 1 amide bonds. The second-order valence-electron chi connectivity index (χ2n) is 29.9. The minimum Gasteiger partial charge on any atom is -0.394 e. The first-order chi connectivity index (χ1) is 48.8. The predicted molar refractivity (Wildman–Crippen MR) is 397 cm³/mol. The fourth-order valence-electron chi connectivity index (χ4n) is 14.3. The van der Waals surface area contributed by atoms with Gasteiger partial charge >= 0.3 is 0 Å². The Hall–Kier alpha value is -1.73. The summed E-state index contributed by atoms with van der Waals surface area (Å²) in [5.41, 5.74) is 0. The number of unbranched alkanes of at least 4 members (excludes halogenated alkanes) is 49. The van der Waals surface area contributed by atoms with Gasteiger partial charge in [0.2, 0.25) is 5.91 Å².